The molecule has 0 aliphatic carbocycles. The van der Waals surface area contributed by atoms with Crippen molar-refractivity contribution in [2.24, 2.45) is 5.10 Å². The maximum absolute atomic E-state index is 13.0. The zero-order chi connectivity index (χ0) is 22.7. The van der Waals surface area contributed by atoms with Crippen LogP contribution in [0, 0.1) is 6.92 Å². The van der Waals surface area contributed by atoms with E-state index in [0.717, 1.165) is 14.5 Å². The second kappa shape index (κ2) is 9.67. The first-order valence-corrected chi connectivity index (χ1v) is 11.3. The lowest BCUT2D eigenvalue weighted by molar-refractivity contribution is 0.284. The second-order valence-electron chi connectivity index (χ2n) is 6.98. The van der Waals surface area contributed by atoms with E-state index in [9.17, 15) is 4.79 Å². The van der Waals surface area contributed by atoms with E-state index in [1.54, 1.807) is 32.4 Å². The highest BCUT2D eigenvalue weighted by Gasteiger charge is 2.12. The minimum Gasteiger partial charge on any atom is -0.493 e. The average Bonchev–Trinajstić information content (AvgIpc) is 2.79. The van der Waals surface area contributed by atoms with Crippen LogP contribution in [0.15, 0.2) is 79.5 Å². The van der Waals surface area contributed by atoms with Gasteiger partial charge in [0.1, 0.15) is 12.4 Å². The van der Waals surface area contributed by atoms with Gasteiger partial charge in [-0.05, 0) is 55.0 Å². The zero-order valence-corrected chi connectivity index (χ0v) is 20.6. The molecule has 0 atom stereocenters. The number of fused-ring (bicyclic) bond motifs is 1. The number of para-hydroxylation sites is 1. The summed E-state index contributed by atoms with van der Waals surface area (Å²) in [7, 11) is 1.59. The summed E-state index contributed by atoms with van der Waals surface area (Å²) in [6.07, 6.45) is 1.58. The summed E-state index contributed by atoms with van der Waals surface area (Å²) in [6.45, 7) is 2.11. The molecule has 0 fully saturated rings. The number of hydrogen-bond acceptors (Lipinski definition) is 5. The summed E-state index contributed by atoms with van der Waals surface area (Å²) < 4.78 is 14.7. The van der Waals surface area contributed by atoms with Crippen LogP contribution >= 0.6 is 31.9 Å². The Hall–Kier alpha value is -2.97. The van der Waals surface area contributed by atoms with Gasteiger partial charge in [0.15, 0.2) is 11.5 Å². The Labute approximate surface area is 201 Å². The number of methoxy groups -OCH3 is 1. The van der Waals surface area contributed by atoms with Crippen molar-refractivity contribution in [2.75, 3.05) is 7.11 Å². The van der Waals surface area contributed by atoms with Crippen LogP contribution in [0.5, 0.6) is 11.5 Å². The predicted octanol–water partition coefficient (Wildman–Crippen LogP) is 5.70. The summed E-state index contributed by atoms with van der Waals surface area (Å²) in [4.78, 5) is 17.5. The lowest BCUT2D eigenvalue weighted by Gasteiger charge is -2.13. The molecular formula is C24H19Br2N3O3. The number of rotatable bonds is 6. The molecule has 0 spiro atoms. The molecule has 4 aromatic rings. The molecule has 0 radical (unpaired) electrons. The molecule has 0 unspecified atom stereocenters. The lowest BCUT2D eigenvalue weighted by Crippen LogP contribution is -2.20. The maximum Gasteiger partial charge on any atom is 0.282 e. The van der Waals surface area contributed by atoms with Crippen LogP contribution in [0.1, 0.15) is 17.0 Å². The Morgan fingerprint density at radius 1 is 1.06 bits per heavy atom. The molecule has 1 aromatic heterocycles. The third-order valence-corrected chi connectivity index (χ3v) is 5.83. The van der Waals surface area contributed by atoms with Gasteiger partial charge in [0.05, 0.1) is 24.2 Å². The lowest BCUT2D eigenvalue weighted by atomic mass is 10.2. The SMILES string of the molecule is COc1cccc(C=Nn2c(C)nc3ccc(Br)cc3c2=O)c1OCc1ccc(Br)cc1. The van der Waals surface area contributed by atoms with Crippen LogP contribution in [-0.4, -0.2) is 23.0 Å². The number of ether oxygens (including phenoxy) is 2. The molecule has 0 saturated carbocycles. The van der Waals surface area contributed by atoms with Crippen molar-refractivity contribution in [3.05, 3.63) is 96.9 Å². The molecule has 8 heteroatoms. The van der Waals surface area contributed by atoms with Crippen molar-refractivity contribution in [3.8, 4) is 11.5 Å². The number of benzene rings is 3. The summed E-state index contributed by atoms with van der Waals surface area (Å²) in [5, 5.41) is 4.90. The number of hydrogen-bond donors (Lipinski definition) is 0. The van der Waals surface area contributed by atoms with Crippen molar-refractivity contribution in [1.29, 1.82) is 0 Å². The number of aromatic nitrogens is 2. The van der Waals surface area contributed by atoms with E-state index >= 15 is 0 Å². The number of nitrogens with zero attached hydrogens (tertiary/aromatic N) is 3. The van der Waals surface area contributed by atoms with E-state index in [1.165, 1.54) is 4.68 Å². The summed E-state index contributed by atoms with van der Waals surface area (Å²) in [6, 6.07) is 18.8. The van der Waals surface area contributed by atoms with Gasteiger partial charge in [-0.1, -0.05) is 50.1 Å². The molecule has 3 aromatic carbocycles. The Morgan fingerprint density at radius 2 is 1.81 bits per heavy atom. The quantitative estimate of drug-likeness (QED) is 0.286. The topological polar surface area (TPSA) is 65.7 Å². The van der Waals surface area contributed by atoms with E-state index in [4.69, 9.17) is 9.47 Å². The first-order valence-electron chi connectivity index (χ1n) is 9.74. The van der Waals surface area contributed by atoms with Crippen molar-refractivity contribution in [1.82, 2.24) is 9.66 Å². The zero-order valence-electron chi connectivity index (χ0n) is 17.4. The van der Waals surface area contributed by atoms with Gasteiger partial charge >= 0.3 is 0 Å². The van der Waals surface area contributed by atoms with Crippen molar-refractivity contribution in [3.63, 3.8) is 0 Å². The van der Waals surface area contributed by atoms with Crippen LogP contribution in [0.25, 0.3) is 10.9 Å². The molecule has 6 nitrogen and oxygen atoms in total. The van der Waals surface area contributed by atoms with Gasteiger partial charge in [-0.15, -0.1) is 0 Å². The van der Waals surface area contributed by atoms with Crippen molar-refractivity contribution < 1.29 is 9.47 Å². The fourth-order valence-corrected chi connectivity index (χ4v) is 3.83. The second-order valence-corrected chi connectivity index (χ2v) is 8.81. The van der Waals surface area contributed by atoms with Crippen LogP contribution < -0.4 is 15.0 Å². The fourth-order valence-electron chi connectivity index (χ4n) is 3.20. The molecule has 162 valence electrons. The minimum absolute atomic E-state index is 0.245. The van der Waals surface area contributed by atoms with Gasteiger partial charge in [0.25, 0.3) is 5.56 Å². The molecule has 1 heterocycles. The van der Waals surface area contributed by atoms with Gasteiger partial charge in [-0.25, -0.2) is 4.98 Å². The number of aryl methyl sites for hydroxylation is 1. The van der Waals surface area contributed by atoms with Crippen LogP contribution in [-0.2, 0) is 6.61 Å². The third-order valence-electron chi connectivity index (χ3n) is 4.81. The Bertz CT molecular complexity index is 1370. The van der Waals surface area contributed by atoms with Gasteiger partial charge in [0, 0.05) is 14.5 Å². The first kappa shape index (κ1) is 22.2. The monoisotopic (exact) mass is 555 g/mol. The van der Waals surface area contributed by atoms with Crippen LogP contribution in [0.2, 0.25) is 0 Å². The predicted molar refractivity (Wildman–Crippen MR) is 133 cm³/mol. The number of halogens is 2. The molecule has 0 bridgehead atoms. The Morgan fingerprint density at radius 3 is 2.56 bits per heavy atom. The summed E-state index contributed by atoms with van der Waals surface area (Å²) in [5.74, 6) is 1.61. The van der Waals surface area contributed by atoms with Gasteiger partial charge in [0.2, 0.25) is 0 Å². The molecule has 0 N–H and O–H groups in total. The van der Waals surface area contributed by atoms with Crippen LogP contribution in [0.3, 0.4) is 0 Å². The van der Waals surface area contributed by atoms with Gasteiger partial charge in [-0.2, -0.15) is 9.78 Å². The largest absolute Gasteiger partial charge is 0.493 e. The minimum atomic E-state index is -0.245. The van der Waals surface area contributed by atoms with Gasteiger partial charge in [-0.3, -0.25) is 4.79 Å². The highest BCUT2D eigenvalue weighted by atomic mass is 79.9. The molecular weight excluding hydrogens is 538 g/mol. The molecule has 0 aliphatic heterocycles. The van der Waals surface area contributed by atoms with E-state index in [2.05, 4.69) is 41.9 Å². The molecule has 32 heavy (non-hydrogen) atoms. The average molecular weight is 557 g/mol. The molecule has 4 rings (SSSR count). The first-order chi connectivity index (χ1) is 15.5. The van der Waals surface area contributed by atoms with Crippen LogP contribution in [0.4, 0.5) is 0 Å². The van der Waals surface area contributed by atoms with E-state index in [1.807, 2.05) is 48.5 Å². The molecule has 0 saturated heterocycles. The van der Waals surface area contributed by atoms with Crippen molar-refractivity contribution >= 4 is 49.0 Å². The third kappa shape index (κ3) is 4.76. The summed E-state index contributed by atoms with van der Waals surface area (Å²) in [5.41, 5.74) is 2.08. The standard InChI is InChI=1S/C24H19Br2N3O3/c1-15-28-21-11-10-19(26)12-20(21)24(30)29(15)27-13-17-4-3-5-22(31-2)23(17)32-14-16-6-8-18(25)9-7-16/h3-13H,14H2,1-2H3. The Kier molecular flexibility index (Phi) is 6.72. The van der Waals surface area contributed by atoms with E-state index in [-0.39, 0.29) is 5.56 Å². The molecule has 0 aliphatic rings. The smallest absolute Gasteiger partial charge is 0.282 e. The molecule has 0 amide bonds. The highest BCUT2D eigenvalue weighted by Crippen LogP contribution is 2.31. The van der Waals surface area contributed by atoms with E-state index in [0.29, 0.717) is 40.4 Å². The Balaban J connectivity index is 1.70. The fraction of sp³-hybridized carbons (Fsp3) is 0.125. The maximum atomic E-state index is 13.0. The highest BCUT2D eigenvalue weighted by molar-refractivity contribution is 9.10. The normalized spacial score (nSPS) is 11.2. The van der Waals surface area contributed by atoms with Crippen molar-refractivity contribution in [2.45, 2.75) is 13.5 Å². The van der Waals surface area contributed by atoms with Gasteiger partial charge < -0.3 is 9.47 Å². The summed E-state index contributed by atoms with van der Waals surface area (Å²) >= 11 is 6.84. The van der Waals surface area contributed by atoms with E-state index < -0.39 is 0 Å².